The standard InChI is InChI=1S/C38H71N2O6P/c1-3-5-7-9-11-13-15-17-18-19-20-21-23-25-27-29-31-37(41)36(35-46-47(43,44)45-34-33-39)40-38(42)32-30-28-26-24-22-16-14-12-10-8-6-4-2/h12,14,17-18,21,23,29,31,36-37,41H,3-11,13,15-16,19-20,22,24-28,30,32-35,39H2,1-2H3,(H,40,42)(H,43,44)/b14-12-,18-17+,23-21+,31-29+. The number of nitrogens with one attached hydrogen (secondary N) is 1. The summed E-state index contributed by atoms with van der Waals surface area (Å²) in [5, 5.41) is 13.6. The molecule has 9 heteroatoms. The van der Waals surface area contributed by atoms with Crippen LogP contribution in [0.25, 0.3) is 0 Å². The molecule has 3 unspecified atom stereocenters. The maximum absolute atomic E-state index is 12.7. The number of aliphatic hydroxyl groups excluding tert-OH is 1. The van der Waals surface area contributed by atoms with E-state index in [0.29, 0.717) is 6.42 Å². The Bertz CT molecular complexity index is 876. The molecular weight excluding hydrogens is 611 g/mol. The molecule has 0 radical (unpaired) electrons. The van der Waals surface area contributed by atoms with Crippen molar-refractivity contribution >= 4 is 13.7 Å². The first-order valence-corrected chi connectivity index (χ1v) is 20.3. The first-order chi connectivity index (χ1) is 22.9. The highest BCUT2D eigenvalue weighted by molar-refractivity contribution is 7.47. The molecule has 0 aromatic rings. The summed E-state index contributed by atoms with van der Waals surface area (Å²) in [5.41, 5.74) is 5.35. The molecule has 47 heavy (non-hydrogen) atoms. The number of phosphoric ester groups is 1. The summed E-state index contributed by atoms with van der Waals surface area (Å²) in [6, 6.07) is -0.886. The van der Waals surface area contributed by atoms with Crippen molar-refractivity contribution in [2.45, 2.75) is 167 Å². The highest BCUT2D eigenvalue weighted by Crippen LogP contribution is 2.43. The fourth-order valence-electron chi connectivity index (χ4n) is 4.98. The van der Waals surface area contributed by atoms with Crippen LogP contribution in [-0.2, 0) is 18.4 Å². The molecule has 0 heterocycles. The lowest BCUT2D eigenvalue weighted by Crippen LogP contribution is -2.45. The van der Waals surface area contributed by atoms with Gasteiger partial charge in [-0.2, -0.15) is 0 Å². The summed E-state index contributed by atoms with van der Waals surface area (Å²) >= 11 is 0. The van der Waals surface area contributed by atoms with Crippen molar-refractivity contribution in [3.63, 3.8) is 0 Å². The van der Waals surface area contributed by atoms with Gasteiger partial charge in [0, 0.05) is 13.0 Å². The second-order valence-corrected chi connectivity index (χ2v) is 13.9. The first-order valence-electron chi connectivity index (χ1n) is 18.8. The van der Waals surface area contributed by atoms with Crippen molar-refractivity contribution in [2.75, 3.05) is 19.8 Å². The second-order valence-electron chi connectivity index (χ2n) is 12.4. The number of amides is 1. The molecule has 0 saturated carbocycles. The molecule has 0 saturated heterocycles. The predicted molar refractivity (Wildman–Crippen MR) is 198 cm³/mol. The zero-order valence-corrected chi connectivity index (χ0v) is 30.9. The molecule has 5 N–H and O–H groups in total. The number of aliphatic hydroxyl groups is 1. The van der Waals surface area contributed by atoms with E-state index in [1.807, 2.05) is 6.08 Å². The highest BCUT2D eigenvalue weighted by atomic mass is 31.2. The van der Waals surface area contributed by atoms with Gasteiger partial charge in [0.2, 0.25) is 5.91 Å². The molecule has 0 rings (SSSR count). The van der Waals surface area contributed by atoms with Gasteiger partial charge in [0.05, 0.1) is 25.4 Å². The van der Waals surface area contributed by atoms with E-state index in [-0.39, 0.29) is 25.7 Å². The summed E-state index contributed by atoms with van der Waals surface area (Å²) in [4.78, 5) is 22.5. The predicted octanol–water partition coefficient (Wildman–Crippen LogP) is 9.77. The summed E-state index contributed by atoms with van der Waals surface area (Å²) in [6.07, 6.45) is 40.1. The molecule has 0 aromatic carbocycles. The highest BCUT2D eigenvalue weighted by Gasteiger charge is 2.26. The molecule has 0 aromatic heterocycles. The Balaban J connectivity index is 4.44. The van der Waals surface area contributed by atoms with Crippen LogP contribution in [0, 0.1) is 0 Å². The minimum atomic E-state index is -4.34. The monoisotopic (exact) mass is 683 g/mol. The smallest absolute Gasteiger partial charge is 0.387 e. The van der Waals surface area contributed by atoms with Crippen molar-refractivity contribution in [2.24, 2.45) is 5.73 Å². The van der Waals surface area contributed by atoms with Gasteiger partial charge in [-0.3, -0.25) is 13.8 Å². The number of phosphoric acid groups is 1. The Morgan fingerprint density at radius 2 is 1.13 bits per heavy atom. The molecule has 1 amide bonds. The topological polar surface area (TPSA) is 131 Å². The van der Waals surface area contributed by atoms with Crippen LogP contribution in [-0.4, -0.2) is 47.8 Å². The maximum Gasteiger partial charge on any atom is 0.472 e. The quantitative estimate of drug-likeness (QED) is 0.0302. The summed E-state index contributed by atoms with van der Waals surface area (Å²) in [5.74, 6) is -0.222. The van der Waals surface area contributed by atoms with Crippen LogP contribution in [0.4, 0.5) is 0 Å². The molecule has 274 valence electrons. The summed E-state index contributed by atoms with van der Waals surface area (Å²) in [6.45, 7) is 4.03. The van der Waals surface area contributed by atoms with Crippen molar-refractivity contribution in [1.82, 2.24) is 5.32 Å². The van der Waals surface area contributed by atoms with E-state index < -0.39 is 20.0 Å². The Morgan fingerprint density at radius 1 is 0.681 bits per heavy atom. The van der Waals surface area contributed by atoms with Crippen LogP contribution in [0.3, 0.4) is 0 Å². The largest absolute Gasteiger partial charge is 0.472 e. The number of rotatable bonds is 34. The Hall–Kier alpha value is -1.54. The molecule has 8 nitrogen and oxygen atoms in total. The van der Waals surface area contributed by atoms with E-state index >= 15 is 0 Å². The van der Waals surface area contributed by atoms with Crippen molar-refractivity contribution in [3.05, 3.63) is 48.6 Å². The van der Waals surface area contributed by atoms with Crippen LogP contribution in [0.1, 0.15) is 155 Å². The van der Waals surface area contributed by atoms with Gasteiger partial charge in [0.1, 0.15) is 0 Å². The van der Waals surface area contributed by atoms with Gasteiger partial charge in [-0.15, -0.1) is 0 Å². The number of hydrogen-bond donors (Lipinski definition) is 4. The second kappa shape index (κ2) is 34.3. The van der Waals surface area contributed by atoms with E-state index in [1.54, 1.807) is 6.08 Å². The van der Waals surface area contributed by atoms with Gasteiger partial charge in [-0.25, -0.2) is 4.57 Å². The lowest BCUT2D eigenvalue weighted by Gasteiger charge is -2.23. The zero-order valence-electron chi connectivity index (χ0n) is 30.0. The number of allylic oxidation sites excluding steroid dienone is 7. The third kappa shape index (κ3) is 32.8. The third-order valence-electron chi connectivity index (χ3n) is 7.85. The molecule has 0 aliphatic carbocycles. The number of hydrogen-bond acceptors (Lipinski definition) is 6. The molecule has 0 spiro atoms. The van der Waals surface area contributed by atoms with E-state index in [9.17, 15) is 19.4 Å². The third-order valence-corrected chi connectivity index (χ3v) is 8.84. The molecule has 0 aliphatic heterocycles. The number of unbranched alkanes of at least 4 members (excludes halogenated alkanes) is 16. The minimum absolute atomic E-state index is 0.0690. The van der Waals surface area contributed by atoms with Gasteiger partial charge >= 0.3 is 7.82 Å². The van der Waals surface area contributed by atoms with Gasteiger partial charge in [0.15, 0.2) is 0 Å². The number of carbonyl (C=O) groups excluding carboxylic acids is 1. The van der Waals surface area contributed by atoms with Gasteiger partial charge in [-0.05, 0) is 70.6 Å². The van der Waals surface area contributed by atoms with E-state index in [2.05, 4.69) is 55.6 Å². The van der Waals surface area contributed by atoms with Gasteiger partial charge in [-0.1, -0.05) is 127 Å². The van der Waals surface area contributed by atoms with Crippen LogP contribution in [0.5, 0.6) is 0 Å². The van der Waals surface area contributed by atoms with E-state index in [1.165, 1.54) is 70.6 Å². The van der Waals surface area contributed by atoms with E-state index in [4.69, 9.17) is 14.8 Å². The van der Waals surface area contributed by atoms with E-state index in [0.717, 1.165) is 64.2 Å². The van der Waals surface area contributed by atoms with Crippen molar-refractivity contribution in [3.8, 4) is 0 Å². The Kier molecular flexibility index (Phi) is 33.2. The van der Waals surface area contributed by atoms with Crippen LogP contribution >= 0.6 is 7.82 Å². The van der Waals surface area contributed by atoms with Crippen LogP contribution in [0.2, 0.25) is 0 Å². The normalized spacial score (nSPS) is 14.9. The molecule has 3 atom stereocenters. The fraction of sp³-hybridized carbons (Fsp3) is 0.763. The average Bonchev–Trinajstić information content (AvgIpc) is 3.05. The lowest BCUT2D eigenvalue weighted by molar-refractivity contribution is -0.123. The zero-order chi connectivity index (χ0) is 34.7. The first kappa shape index (κ1) is 45.5. The van der Waals surface area contributed by atoms with Gasteiger partial charge in [0.25, 0.3) is 0 Å². The summed E-state index contributed by atoms with van der Waals surface area (Å²) < 4.78 is 22.0. The van der Waals surface area contributed by atoms with Crippen LogP contribution in [0.15, 0.2) is 48.6 Å². The molecule has 0 bridgehead atoms. The minimum Gasteiger partial charge on any atom is -0.387 e. The average molecular weight is 683 g/mol. The fourth-order valence-corrected chi connectivity index (χ4v) is 5.74. The Morgan fingerprint density at radius 3 is 1.68 bits per heavy atom. The van der Waals surface area contributed by atoms with Gasteiger partial charge < -0.3 is 21.1 Å². The summed E-state index contributed by atoms with van der Waals surface area (Å²) in [7, 11) is -4.34. The van der Waals surface area contributed by atoms with Crippen LogP contribution < -0.4 is 11.1 Å². The Labute approximate surface area is 288 Å². The van der Waals surface area contributed by atoms with Crippen molar-refractivity contribution in [1.29, 1.82) is 0 Å². The number of nitrogens with two attached hydrogens (primary N) is 1. The van der Waals surface area contributed by atoms with Crippen molar-refractivity contribution < 1.29 is 28.4 Å². The molecule has 0 fully saturated rings. The SMILES string of the molecule is CCCCC/C=C\CCCCCCCC(=O)NC(COP(=O)(O)OCCN)C(O)/C=C/CC/C=C/CC/C=C/CCCCCCCC. The molecule has 0 aliphatic rings. The lowest BCUT2D eigenvalue weighted by atomic mass is 10.1. The maximum atomic E-state index is 12.7. The number of carbonyl (C=O) groups is 1. The molecular formula is C38H71N2O6P.